The number of benzene rings is 1. The standard InChI is InChI=1S/C26H32N8O10S2/c1-26(2)21(23(36)34(26)44-46(39,40)41)30-22(35)20(18-14-45-25(28)29-18)31-42-13-19(24(37)38)43-17-7-5-15(6-8-17)16-11-32(3)33(12-16)10-4-9-27/h5-8,11-12,14,19,21H,4,9-10,13,27H2,1-3H3,(H4-,28,29,30,35,37,38,39,40,41)/b31-20-/t19?,21-/m1/s1. The number of carboxylic acid groups (broad SMARTS) is 1. The molecule has 1 unspecified atom stereocenters. The summed E-state index contributed by atoms with van der Waals surface area (Å²) in [5.74, 6) is -3.14. The average Bonchev–Trinajstić information content (AvgIpc) is 3.59. The quantitative estimate of drug-likeness (QED) is 0.0380. The minimum atomic E-state index is -5.25. The SMILES string of the molecule is C[n+]1cc(-c2ccc(OC(CO/N=C(\C(=O)N[C@@H]3C(=O)N(OS(=O)(=O)[O-])C3(C)C)c3csc(N)n3)C(=O)O)cc2)cn1CCCN. The Balaban J connectivity index is 1.44. The Hall–Kier alpha value is -4.63. The summed E-state index contributed by atoms with van der Waals surface area (Å²) >= 11 is 0.974. The highest BCUT2D eigenvalue weighted by molar-refractivity contribution is 7.80. The number of nitrogens with zero attached hydrogens (tertiary/aromatic N) is 5. The van der Waals surface area contributed by atoms with Gasteiger partial charge in [-0.3, -0.25) is 9.59 Å². The third-order valence-electron chi connectivity index (χ3n) is 6.83. The third-order valence-corrected chi connectivity index (χ3v) is 7.84. The number of aryl methyl sites for hydroxylation is 2. The summed E-state index contributed by atoms with van der Waals surface area (Å²) in [6, 6.07) is 5.42. The summed E-state index contributed by atoms with van der Waals surface area (Å²) in [6.07, 6.45) is 3.21. The minimum Gasteiger partial charge on any atom is -0.724 e. The Labute approximate surface area is 267 Å². The fourth-order valence-electron chi connectivity index (χ4n) is 4.42. The predicted octanol–water partition coefficient (Wildman–Crippen LogP) is -0.883. The number of nitrogens with one attached hydrogen (secondary N) is 1. The number of aromatic nitrogens is 3. The van der Waals surface area contributed by atoms with Crippen molar-refractivity contribution < 1.29 is 51.0 Å². The number of hydrogen-bond donors (Lipinski definition) is 4. The monoisotopic (exact) mass is 680 g/mol. The zero-order valence-corrected chi connectivity index (χ0v) is 26.5. The van der Waals surface area contributed by atoms with Crippen molar-refractivity contribution in [3.8, 4) is 16.9 Å². The van der Waals surface area contributed by atoms with E-state index in [1.54, 1.807) is 24.3 Å². The van der Waals surface area contributed by atoms with E-state index in [2.05, 4.69) is 19.7 Å². The van der Waals surface area contributed by atoms with Gasteiger partial charge >= 0.3 is 5.97 Å². The number of rotatable bonds is 15. The van der Waals surface area contributed by atoms with Gasteiger partial charge in [0.15, 0.2) is 24.5 Å². The van der Waals surface area contributed by atoms with E-state index >= 15 is 0 Å². The Kier molecular flexibility index (Phi) is 10.3. The van der Waals surface area contributed by atoms with Crippen LogP contribution >= 0.6 is 11.3 Å². The number of anilines is 1. The van der Waals surface area contributed by atoms with Crippen molar-refractivity contribution in [3.05, 3.63) is 47.7 Å². The molecule has 18 nitrogen and oxygen atoms in total. The molecule has 0 aliphatic carbocycles. The van der Waals surface area contributed by atoms with Gasteiger partial charge in [0.25, 0.3) is 11.8 Å². The first kappa shape index (κ1) is 34.2. The molecule has 0 radical (unpaired) electrons. The number of carbonyl (C=O) groups excluding carboxylic acids is 2. The maximum Gasteiger partial charge on any atom is 0.348 e. The summed E-state index contributed by atoms with van der Waals surface area (Å²) in [5, 5.41) is 17.6. The second-order valence-corrected chi connectivity index (χ2v) is 12.4. The number of hydroxylamine groups is 2. The molecule has 1 aliphatic rings. The maximum atomic E-state index is 13.2. The van der Waals surface area contributed by atoms with E-state index in [4.69, 9.17) is 21.0 Å². The van der Waals surface area contributed by atoms with E-state index in [1.807, 2.05) is 28.8 Å². The van der Waals surface area contributed by atoms with Crippen molar-refractivity contribution in [2.45, 2.75) is 44.5 Å². The first-order valence-electron chi connectivity index (χ1n) is 13.6. The van der Waals surface area contributed by atoms with Crippen molar-refractivity contribution in [1.29, 1.82) is 0 Å². The molecule has 2 atom stereocenters. The van der Waals surface area contributed by atoms with Crippen LogP contribution in [0.25, 0.3) is 11.1 Å². The van der Waals surface area contributed by atoms with Gasteiger partial charge in [-0.05, 0) is 44.5 Å². The van der Waals surface area contributed by atoms with Crippen LogP contribution in [0.15, 0.2) is 47.2 Å². The van der Waals surface area contributed by atoms with E-state index in [0.717, 1.165) is 35.4 Å². The van der Waals surface area contributed by atoms with E-state index < -0.39 is 58.2 Å². The first-order chi connectivity index (χ1) is 21.6. The number of hydrogen-bond acceptors (Lipinski definition) is 14. The largest absolute Gasteiger partial charge is 0.724 e. The number of oxime groups is 1. The lowest BCUT2D eigenvalue weighted by atomic mass is 9.84. The van der Waals surface area contributed by atoms with Crippen LogP contribution in [0.5, 0.6) is 5.75 Å². The van der Waals surface area contributed by atoms with Gasteiger partial charge in [0.2, 0.25) is 22.7 Å². The number of nitrogens with two attached hydrogens (primary N) is 2. The van der Waals surface area contributed by atoms with Crippen molar-refractivity contribution in [2.24, 2.45) is 17.9 Å². The highest BCUT2D eigenvalue weighted by atomic mass is 32.3. The summed E-state index contributed by atoms with van der Waals surface area (Å²) in [5.41, 5.74) is 11.1. The smallest absolute Gasteiger partial charge is 0.348 e. The number of carbonyl (C=O) groups is 3. The number of thiazole rings is 1. The first-order valence-corrected chi connectivity index (χ1v) is 15.8. The molecule has 0 spiro atoms. The third kappa shape index (κ3) is 7.95. The van der Waals surface area contributed by atoms with Gasteiger partial charge in [-0.2, -0.15) is 14.0 Å². The average molecular weight is 681 g/mol. The minimum absolute atomic E-state index is 0.0477. The molecular formula is C26H32N8O10S2. The fraction of sp³-hybridized carbons (Fsp3) is 0.385. The number of aliphatic carboxylic acids is 1. The van der Waals surface area contributed by atoms with Crippen LogP contribution in [-0.2, 0) is 47.5 Å². The Morgan fingerprint density at radius 3 is 2.54 bits per heavy atom. The van der Waals surface area contributed by atoms with E-state index in [9.17, 15) is 32.5 Å². The highest BCUT2D eigenvalue weighted by Crippen LogP contribution is 2.33. The van der Waals surface area contributed by atoms with Gasteiger partial charge in [0.05, 0.1) is 23.8 Å². The Morgan fingerprint density at radius 2 is 1.98 bits per heavy atom. The van der Waals surface area contributed by atoms with Gasteiger partial charge in [0, 0.05) is 5.38 Å². The molecule has 4 rings (SSSR count). The summed E-state index contributed by atoms with van der Waals surface area (Å²) in [6.45, 7) is 3.39. The summed E-state index contributed by atoms with van der Waals surface area (Å²) in [4.78, 5) is 46.7. The van der Waals surface area contributed by atoms with Crippen LogP contribution in [0.1, 0.15) is 26.0 Å². The van der Waals surface area contributed by atoms with Gasteiger partial charge < -0.3 is 36.0 Å². The van der Waals surface area contributed by atoms with Gasteiger partial charge in [-0.1, -0.05) is 17.3 Å². The lowest BCUT2D eigenvalue weighted by Gasteiger charge is -2.51. The molecule has 1 saturated heterocycles. The lowest BCUT2D eigenvalue weighted by Crippen LogP contribution is -2.76. The molecule has 1 aromatic carbocycles. The molecule has 1 aliphatic heterocycles. The van der Waals surface area contributed by atoms with Crippen LogP contribution in [0.4, 0.5) is 5.13 Å². The molecular weight excluding hydrogens is 648 g/mol. The van der Waals surface area contributed by atoms with Crippen LogP contribution in [0, 0.1) is 0 Å². The second-order valence-electron chi connectivity index (χ2n) is 10.5. The van der Waals surface area contributed by atoms with Crippen LogP contribution in [0.2, 0.25) is 0 Å². The van der Waals surface area contributed by atoms with Crippen LogP contribution in [0.3, 0.4) is 0 Å². The van der Waals surface area contributed by atoms with Gasteiger partial charge in [0.1, 0.15) is 17.5 Å². The molecule has 248 valence electrons. The molecule has 3 heterocycles. The molecule has 6 N–H and O–H groups in total. The van der Waals surface area contributed by atoms with Crippen LogP contribution in [-0.4, -0.2) is 87.1 Å². The fourth-order valence-corrected chi connectivity index (χ4v) is 5.41. The Morgan fingerprint density at radius 1 is 1.28 bits per heavy atom. The lowest BCUT2D eigenvalue weighted by molar-refractivity contribution is -0.753. The zero-order valence-electron chi connectivity index (χ0n) is 24.9. The van der Waals surface area contributed by atoms with Crippen molar-refractivity contribution in [3.63, 3.8) is 0 Å². The van der Waals surface area contributed by atoms with E-state index in [0.29, 0.717) is 11.6 Å². The van der Waals surface area contributed by atoms with Gasteiger partial charge in [-0.25, -0.2) is 18.2 Å². The van der Waals surface area contributed by atoms with Crippen LogP contribution < -0.4 is 26.2 Å². The molecule has 20 heteroatoms. The van der Waals surface area contributed by atoms with Crippen molar-refractivity contribution >= 4 is 50.4 Å². The number of amides is 2. The predicted molar refractivity (Wildman–Crippen MR) is 159 cm³/mol. The number of carboxylic acids is 1. The molecule has 0 bridgehead atoms. The van der Waals surface area contributed by atoms with Gasteiger partial charge in [-0.15, -0.1) is 16.0 Å². The molecule has 46 heavy (non-hydrogen) atoms. The summed E-state index contributed by atoms with van der Waals surface area (Å²) < 4.78 is 46.6. The maximum absolute atomic E-state index is 13.2. The highest BCUT2D eigenvalue weighted by Gasteiger charge is 2.57. The number of β-lactam (4-membered cyclic amide) rings is 1. The normalized spacial score (nSPS) is 16.9. The molecule has 0 saturated carbocycles. The number of nitrogen functional groups attached to an aromatic ring is 1. The molecule has 2 amide bonds. The van der Waals surface area contributed by atoms with Crippen molar-refractivity contribution in [2.75, 3.05) is 18.9 Å². The van der Waals surface area contributed by atoms with E-state index in [-0.39, 0.29) is 16.6 Å². The van der Waals surface area contributed by atoms with Crippen molar-refractivity contribution in [1.82, 2.24) is 20.0 Å². The Bertz CT molecular complexity index is 1740. The summed E-state index contributed by atoms with van der Waals surface area (Å²) in [7, 11) is -3.34. The topological polar surface area (TPSA) is 258 Å². The number of ether oxygens (including phenoxy) is 1. The zero-order chi connectivity index (χ0) is 33.8. The molecule has 1 fully saturated rings. The van der Waals surface area contributed by atoms with E-state index in [1.165, 1.54) is 19.2 Å². The molecule has 3 aromatic rings. The second kappa shape index (κ2) is 13.8. The molecule has 2 aromatic heterocycles.